The summed E-state index contributed by atoms with van der Waals surface area (Å²) >= 11 is 8.51. The van der Waals surface area contributed by atoms with Gasteiger partial charge in [0, 0.05) is 5.75 Å². The molecule has 2 aromatic carbocycles. The Hall–Kier alpha value is -1.64. The van der Waals surface area contributed by atoms with E-state index in [1.807, 2.05) is 24.3 Å². The number of hydrogen-bond acceptors (Lipinski definition) is 4. The summed E-state index contributed by atoms with van der Waals surface area (Å²) < 4.78 is 39.9. The maximum absolute atomic E-state index is 13.1. The Kier molecular flexibility index (Phi) is 5.84. The predicted octanol–water partition coefficient (Wildman–Crippen LogP) is 5.97. The fraction of sp³-hybridized carbons (Fsp3) is 0.176. The van der Waals surface area contributed by atoms with E-state index in [2.05, 4.69) is 10.3 Å². The number of nitrogens with zero attached hydrogens (tertiary/aromatic N) is 1. The molecule has 26 heavy (non-hydrogen) atoms. The van der Waals surface area contributed by atoms with Gasteiger partial charge in [-0.1, -0.05) is 59.4 Å². The van der Waals surface area contributed by atoms with E-state index >= 15 is 0 Å². The molecule has 1 heterocycles. The van der Waals surface area contributed by atoms with E-state index in [0.29, 0.717) is 4.38 Å². The van der Waals surface area contributed by atoms with Crippen LogP contribution in [-0.2, 0) is 16.7 Å². The molecule has 1 aliphatic rings. The van der Waals surface area contributed by atoms with E-state index in [1.54, 1.807) is 0 Å². The van der Waals surface area contributed by atoms with Crippen molar-refractivity contribution in [2.75, 3.05) is 11.1 Å². The molecule has 136 valence electrons. The summed E-state index contributed by atoms with van der Waals surface area (Å²) in [6, 6.07) is 11.1. The Balaban J connectivity index is 1.67. The van der Waals surface area contributed by atoms with Crippen molar-refractivity contribution in [1.29, 1.82) is 0 Å². The lowest BCUT2D eigenvalue weighted by atomic mass is 10.1. The molecule has 1 amide bonds. The van der Waals surface area contributed by atoms with Crippen molar-refractivity contribution in [2.45, 2.75) is 11.9 Å². The second-order valence-electron chi connectivity index (χ2n) is 5.29. The minimum Gasteiger partial charge on any atom is -0.324 e. The zero-order valence-electron chi connectivity index (χ0n) is 13.1. The topological polar surface area (TPSA) is 41.5 Å². The van der Waals surface area contributed by atoms with Gasteiger partial charge in [0.25, 0.3) is 0 Å². The van der Waals surface area contributed by atoms with E-state index in [0.717, 1.165) is 23.1 Å². The summed E-state index contributed by atoms with van der Waals surface area (Å²) in [6.45, 7) is 0. The minimum atomic E-state index is -4.60. The number of rotatable bonds is 3. The van der Waals surface area contributed by atoms with E-state index < -0.39 is 23.3 Å². The standard InChI is InChI=1S/C17H12ClF3N2OS2/c18-12-6-3-5-11(17(19,20)21)15(12)23-14(24)9-26-16-22-13-7-2-1-4-10(13)8-25-16/h1-7H,8-9H2,(H,23,24). The number of carbonyl (C=O) groups is 1. The average Bonchev–Trinajstić information content (AvgIpc) is 2.60. The molecule has 0 unspecified atom stereocenters. The fourth-order valence-corrected chi connectivity index (χ4v) is 4.36. The van der Waals surface area contributed by atoms with Crippen molar-refractivity contribution < 1.29 is 18.0 Å². The molecule has 0 spiro atoms. The lowest BCUT2D eigenvalue weighted by molar-refractivity contribution is -0.137. The number of nitrogens with one attached hydrogen (secondary N) is 1. The number of alkyl halides is 3. The van der Waals surface area contributed by atoms with Gasteiger partial charge in [0.2, 0.25) is 5.91 Å². The van der Waals surface area contributed by atoms with Gasteiger partial charge in [0.1, 0.15) is 4.38 Å². The number of para-hydroxylation sites is 2. The first-order valence-corrected chi connectivity index (χ1v) is 9.77. The first-order valence-electron chi connectivity index (χ1n) is 7.42. The molecule has 3 nitrogen and oxygen atoms in total. The maximum atomic E-state index is 13.1. The van der Waals surface area contributed by atoms with Crippen LogP contribution >= 0.6 is 35.1 Å². The van der Waals surface area contributed by atoms with Crippen LogP contribution in [0, 0.1) is 0 Å². The second-order valence-corrected chi connectivity index (χ2v) is 7.89. The van der Waals surface area contributed by atoms with Crippen LogP contribution in [0.1, 0.15) is 11.1 Å². The number of carbonyl (C=O) groups excluding carboxylic acids is 1. The van der Waals surface area contributed by atoms with Crippen LogP contribution in [0.15, 0.2) is 47.5 Å². The molecule has 0 saturated carbocycles. The number of halogens is 4. The first kappa shape index (κ1) is 19.1. The van der Waals surface area contributed by atoms with Gasteiger partial charge in [-0.25, -0.2) is 4.99 Å². The van der Waals surface area contributed by atoms with E-state index in [4.69, 9.17) is 11.6 Å². The number of hydrogen-bond donors (Lipinski definition) is 1. The molecule has 0 aromatic heterocycles. The highest BCUT2D eigenvalue weighted by molar-refractivity contribution is 8.38. The Morgan fingerprint density at radius 3 is 2.77 bits per heavy atom. The van der Waals surface area contributed by atoms with Crippen LogP contribution in [0.5, 0.6) is 0 Å². The Morgan fingerprint density at radius 1 is 1.23 bits per heavy atom. The molecule has 1 N–H and O–H groups in total. The van der Waals surface area contributed by atoms with Crippen molar-refractivity contribution >= 4 is 56.8 Å². The normalized spacial score (nSPS) is 13.8. The van der Waals surface area contributed by atoms with Gasteiger partial charge in [0.05, 0.1) is 27.7 Å². The van der Waals surface area contributed by atoms with Gasteiger partial charge in [-0.05, 0) is 23.8 Å². The molecule has 9 heteroatoms. The number of anilines is 1. The van der Waals surface area contributed by atoms with Crippen LogP contribution in [0.25, 0.3) is 0 Å². The maximum Gasteiger partial charge on any atom is 0.418 e. The van der Waals surface area contributed by atoms with E-state index in [-0.39, 0.29) is 10.8 Å². The summed E-state index contributed by atoms with van der Waals surface area (Å²) in [4.78, 5) is 16.6. The number of aliphatic imine (C=N–C) groups is 1. The minimum absolute atomic E-state index is 0.0590. The lowest BCUT2D eigenvalue weighted by Gasteiger charge is -2.16. The Morgan fingerprint density at radius 2 is 2.00 bits per heavy atom. The van der Waals surface area contributed by atoms with Gasteiger partial charge < -0.3 is 5.32 Å². The third-order valence-corrected chi connectivity index (χ3v) is 6.03. The van der Waals surface area contributed by atoms with E-state index in [1.165, 1.54) is 35.7 Å². The molecule has 0 radical (unpaired) electrons. The van der Waals surface area contributed by atoms with Crippen molar-refractivity contribution in [3.05, 3.63) is 58.6 Å². The molecular formula is C17H12ClF3N2OS2. The molecule has 0 bridgehead atoms. The van der Waals surface area contributed by atoms with Crippen LogP contribution in [-0.4, -0.2) is 16.0 Å². The van der Waals surface area contributed by atoms with Gasteiger partial charge in [-0.15, -0.1) is 0 Å². The average molecular weight is 417 g/mol. The van der Waals surface area contributed by atoms with Gasteiger partial charge in [0.15, 0.2) is 0 Å². The summed E-state index contributed by atoms with van der Waals surface area (Å²) in [6.07, 6.45) is -4.60. The quantitative estimate of drug-likeness (QED) is 0.670. The molecule has 0 saturated heterocycles. The SMILES string of the molecule is O=C(CSC1=Nc2ccccc2CS1)Nc1c(Cl)cccc1C(F)(F)F. The van der Waals surface area contributed by atoms with Gasteiger partial charge in [-0.2, -0.15) is 13.2 Å². The molecule has 3 rings (SSSR count). The van der Waals surface area contributed by atoms with Crippen LogP contribution in [0.2, 0.25) is 5.02 Å². The monoisotopic (exact) mass is 416 g/mol. The smallest absolute Gasteiger partial charge is 0.324 e. The number of fused-ring (bicyclic) bond motifs is 1. The largest absolute Gasteiger partial charge is 0.418 e. The predicted molar refractivity (Wildman–Crippen MR) is 102 cm³/mol. The Bertz CT molecular complexity index is 871. The summed E-state index contributed by atoms with van der Waals surface area (Å²) in [5.74, 6) is 0.110. The fourth-order valence-electron chi connectivity index (χ4n) is 2.28. The zero-order valence-corrected chi connectivity index (χ0v) is 15.5. The summed E-state index contributed by atoms with van der Waals surface area (Å²) in [5, 5.41) is 2.11. The zero-order chi connectivity index (χ0) is 18.7. The summed E-state index contributed by atoms with van der Waals surface area (Å²) in [7, 11) is 0. The third-order valence-electron chi connectivity index (χ3n) is 3.46. The number of amides is 1. The lowest BCUT2D eigenvalue weighted by Crippen LogP contribution is -2.19. The number of benzene rings is 2. The summed E-state index contributed by atoms with van der Waals surface area (Å²) in [5.41, 5.74) is 0.564. The van der Waals surface area contributed by atoms with Crippen molar-refractivity contribution in [3.8, 4) is 0 Å². The Labute approximate surface area is 161 Å². The van der Waals surface area contributed by atoms with Crippen molar-refractivity contribution in [3.63, 3.8) is 0 Å². The van der Waals surface area contributed by atoms with Gasteiger partial charge >= 0.3 is 6.18 Å². The molecule has 2 aromatic rings. The molecular weight excluding hydrogens is 405 g/mol. The number of thioether (sulfide) groups is 2. The van der Waals surface area contributed by atoms with Gasteiger partial charge in [-0.3, -0.25) is 4.79 Å². The second kappa shape index (κ2) is 7.94. The van der Waals surface area contributed by atoms with Crippen LogP contribution < -0.4 is 5.32 Å². The molecule has 0 aliphatic carbocycles. The molecule has 0 atom stereocenters. The van der Waals surface area contributed by atoms with Crippen LogP contribution in [0.4, 0.5) is 24.5 Å². The highest BCUT2D eigenvalue weighted by atomic mass is 35.5. The first-order chi connectivity index (χ1) is 12.3. The third kappa shape index (κ3) is 4.55. The highest BCUT2D eigenvalue weighted by Gasteiger charge is 2.34. The highest BCUT2D eigenvalue weighted by Crippen LogP contribution is 2.39. The van der Waals surface area contributed by atoms with Crippen molar-refractivity contribution in [2.24, 2.45) is 4.99 Å². The molecule has 1 aliphatic heterocycles. The van der Waals surface area contributed by atoms with E-state index in [9.17, 15) is 18.0 Å². The van der Waals surface area contributed by atoms with Crippen molar-refractivity contribution in [1.82, 2.24) is 0 Å². The molecule has 0 fully saturated rings. The van der Waals surface area contributed by atoms with Crippen LogP contribution in [0.3, 0.4) is 0 Å².